The van der Waals surface area contributed by atoms with Gasteiger partial charge in [0, 0.05) is 23.5 Å². The predicted molar refractivity (Wildman–Crippen MR) is 101 cm³/mol. The Labute approximate surface area is 156 Å². The Hall–Kier alpha value is -3.67. The van der Waals surface area contributed by atoms with Crippen molar-refractivity contribution in [2.24, 2.45) is 0 Å². The molecule has 0 bridgehead atoms. The zero-order valence-electron chi connectivity index (χ0n) is 14.7. The first kappa shape index (κ1) is 18.1. The van der Waals surface area contributed by atoms with E-state index in [1.165, 1.54) is 0 Å². The zero-order chi connectivity index (χ0) is 19.1. The van der Waals surface area contributed by atoms with Gasteiger partial charge in [0.05, 0.1) is 7.11 Å². The van der Waals surface area contributed by atoms with E-state index in [4.69, 9.17) is 9.47 Å². The fourth-order valence-corrected chi connectivity index (χ4v) is 2.38. The number of carbonyl (C=O) groups is 2. The molecule has 1 heterocycles. The SMILES string of the molecule is COc1cccc(C(=O)COc2cccc(NC(=O)c3ccccn3)c2)c1. The maximum absolute atomic E-state index is 12.3. The van der Waals surface area contributed by atoms with Crippen LogP contribution in [0.25, 0.3) is 0 Å². The number of amides is 1. The third-order valence-corrected chi connectivity index (χ3v) is 3.75. The van der Waals surface area contributed by atoms with Crippen molar-refractivity contribution in [2.75, 3.05) is 19.0 Å². The molecule has 0 saturated heterocycles. The number of benzene rings is 2. The van der Waals surface area contributed by atoms with Crippen molar-refractivity contribution >= 4 is 17.4 Å². The molecule has 0 aliphatic carbocycles. The minimum Gasteiger partial charge on any atom is -0.497 e. The van der Waals surface area contributed by atoms with Crippen molar-refractivity contribution in [3.05, 3.63) is 84.2 Å². The number of ketones is 1. The Morgan fingerprint density at radius 1 is 0.963 bits per heavy atom. The molecule has 0 atom stereocenters. The number of ether oxygens (including phenoxy) is 2. The van der Waals surface area contributed by atoms with Gasteiger partial charge in [-0.25, -0.2) is 0 Å². The Kier molecular flexibility index (Phi) is 5.79. The van der Waals surface area contributed by atoms with Gasteiger partial charge in [0.25, 0.3) is 5.91 Å². The van der Waals surface area contributed by atoms with Crippen LogP contribution in [-0.4, -0.2) is 30.4 Å². The van der Waals surface area contributed by atoms with Crippen molar-refractivity contribution < 1.29 is 19.1 Å². The summed E-state index contributed by atoms with van der Waals surface area (Å²) < 4.78 is 10.7. The molecule has 0 aliphatic heterocycles. The van der Waals surface area contributed by atoms with E-state index in [0.717, 1.165) is 0 Å². The number of hydrogen-bond acceptors (Lipinski definition) is 5. The van der Waals surface area contributed by atoms with E-state index in [1.54, 1.807) is 80.0 Å². The fourth-order valence-electron chi connectivity index (χ4n) is 2.38. The van der Waals surface area contributed by atoms with Gasteiger partial charge in [-0.1, -0.05) is 24.3 Å². The lowest BCUT2D eigenvalue weighted by atomic mass is 10.1. The smallest absolute Gasteiger partial charge is 0.274 e. The second-order valence-electron chi connectivity index (χ2n) is 5.64. The average Bonchev–Trinajstić information content (AvgIpc) is 2.73. The molecule has 0 fully saturated rings. The number of carbonyl (C=O) groups excluding carboxylic acids is 2. The van der Waals surface area contributed by atoms with Crippen LogP contribution in [0.5, 0.6) is 11.5 Å². The molecular formula is C21H18N2O4. The summed E-state index contributed by atoms with van der Waals surface area (Å²) in [5.74, 6) is 0.599. The molecule has 136 valence electrons. The fraction of sp³-hybridized carbons (Fsp3) is 0.0952. The van der Waals surface area contributed by atoms with Gasteiger partial charge < -0.3 is 14.8 Å². The lowest BCUT2D eigenvalue weighted by Gasteiger charge is -2.09. The van der Waals surface area contributed by atoms with Crippen LogP contribution in [0.15, 0.2) is 72.9 Å². The summed E-state index contributed by atoms with van der Waals surface area (Å²) in [6, 6.07) is 18.8. The van der Waals surface area contributed by atoms with Crippen molar-refractivity contribution in [1.29, 1.82) is 0 Å². The van der Waals surface area contributed by atoms with Crippen LogP contribution in [0, 0.1) is 0 Å². The maximum Gasteiger partial charge on any atom is 0.274 e. The van der Waals surface area contributed by atoms with Gasteiger partial charge in [-0.15, -0.1) is 0 Å². The van der Waals surface area contributed by atoms with Gasteiger partial charge in [-0.2, -0.15) is 0 Å². The van der Waals surface area contributed by atoms with Crippen molar-refractivity contribution in [2.45, 2.75) is 0 Å². The van der Waals surface area contributed by atoms with Gasteiger partial charge >= 0.3 is 0 Å². The first-order valence-corrected chi connectivity index (χ1v) is 8.28. The van der Waals surface area contributed by atoms with Gasteiger partial charge in [-0.3, -0.25) is 14.6 Å². The van der Waals surface area contributed by atoms with Crippen molar-refractivity contribution in [1.82, 2.24) is 4.98 Å². The molecule has 0 saturated carbocycles. The Bertz CT molecular complexity index is 942. The summed E-state index contributed by atoms with van der Waals surface area (Å²) in [6.45, 7) is -0.120. The molecule has 2 aromatic carbocycles. The van der Waals surface area contributed by atoms with Crippen LogP contribution in [0.1, 0.15) is 20.8 Å². The second-order valence-corrected chi connectivity index (χ2v) is 5.64. The quantitative estimate of drug-likeness (QED) is 0.650. The topological polar surface area (TPSA) is 77.5 Å². The summed E-state index contributed by atoms with van der Waals surface area (Å²) in [5, 5.41) is 2.75. The first-order valence-electron chi connectivity index (χ1n) is 8.28. The predicted octanol–water partition coefficient (Wildman–Crippen LogP) is 3.60. The van der Waals surface area contributed by atoms with Crippen LogP contribution in [0.3, 0.4) is 0 Å². The number of nitrogens with one attached hydrogen (secondary N) is 1. The molecule has 1 amide bonds. The number of hydrogen-bond donors (Lipinski definition) is 1. The van der Waals surface area contributed by atoms with E-state index in [9.17, 15) is 9.59 Å². The zero-order valence-corrected chi connectivity index (χ0v) is 14.7. The standard InChI is InChI=1S/C21H18N2O4/c1-26-17-8-4-6-15(12-17)20(24)14-27-18-9-5-7-16(13-18)23-21(25)19-10-2-3-11-22-19/h2-13H,14H2,1H3,(H,23,25). The van der Waals surface area contributed by atoms with Gasteiger partial charge in [-0.05, 0) is 36.4 Å². The molecule has 6 nitrogen and oxygen atoms in total. The molecule has 1 aromatic heterocycles. The summed E-state index contributed by atoms with van der Waals surface area (Å²) in [4.78, 5) is 28.4. The molecule has 0 unspecified atom stereocenters. The molecule has 0 radical (unpaired) electrons. The molecule has 1 N–H and O–H groups in total. The van der Waals surface area contributed by atoms with Crippen LogP contribution in [0.4, 0.5) is 5.69 Å². The minimum absolute atomic E-state index is 0.120. The highest BCUT2D eigenvalue weighted by atomic mass is 16.5. The van der Waals surface area contributed by atoms with Crippen LogP contribution < -0.4 is 14.8 Å². The number of Topliss-reactive ketones (excluding diaryl/α,β-unsaturated/α-hetero) is 1. The van der Waals surface area contributed by atoms with Crippen LogP contribution in [0.2, 0.25) is 0 Å². The van der Waals surface area contributed by atoms with E-state index >= 15 is 0 Å². The highest BCUT2D eigenvalue weighted by Crippen LogP contribution is 2.19. The third-order valence-electron chi connectivity index (χ3n) is 3.75. The van der Waals surface area contributed by atoms with Crippen molar-refractivity contribution in [3.63, 3.8) is 0 Å². The lowest BCUT2D eigenvalue weighted by Crippen LogP contribution is -2.14. The Balaban J connectivity index is 1.62. The number of nitrogens with zero attached hydrogens (tertiary/aromatic N) is 1. The van der Waals surface area contributed by atoms with E-state index in [1.807, 2.05) is 0 Å². The van der Waals surface area contributed by atoms with E-state index in [2.05, 4.69) is 10.3 Å². The monoisotopic (exact) mass is 362 g/mol. The number of methoxy groups -OCH3 is 1. The Morgan fingerprint density at radius 3 is 2.56 bits per heavy atom. The average molecular weight is 362 g/mol. The molecule has 3 rings (SSSR count). The van der Waals surface area contributed by atoms with Crippen molar-refractivity contribution in [3.8, 4) is 11.5 Å². The van der Waals surface area contributed by atoms with Gasteiger partial charge in [0.15, 0.2) is 12.4 Å². The number of pyridine rings is 1. The van der Waals surface area contributed by atoms with E-state index in [-0.39, 0.29) is 18.3 Å². The highest BCUT2D eigenvalue weighted by Gasteiger charge is 2.10. The highest BCUT2D eigenvalue weighted by molar-refractivity contribution is 6.02. The van der Waals surface area contributed by atoms with Crippen LogP contribution >= 0.6 is 0 Å². The van der Waals surface area contributed by atoms with E-state index < -0.39 is 0 Å². The largest absolute Gasteiger partial charge is 0.497 e. The number of aromatic nitrogens is 1. The summed E-state index contributed by atoms with van der Waals surface area (Å²) >= 11 is 0. The molecular weight excluding hydrogens is 344 g/mol. The van der Waals surface area contributed by atoms with Crippen LogP contribution in [-0.2, 0) is 0 Å². The molecule has 6 heteroatoms. The van der Waals surface area contributed by atoms with Gasteiger partial charge in [0.1, 0.15) is 17.2 Å². The molecule has 3 aromatic rings. The lowest BCUT2D eigenvalue weighted by molar-refractivity contribution is 0.0920. The second kappa shape index (κ2) is 8.62. The molecule has 27 heavy (non-hydrogen) atoms. The summed E-state index contributed by atoms with van der Waals surface area (Å²) in [5.41, 5.74) is 1.38. The maximum atomic E-state index is 12.3. The number of anilines is 1. The van der Waals surface area contributed by atoms with E-state index in [0.29, 0.717) is 28.4 Å². The molecule has 0 spiro atoms. The normalized spacial score (nSPS) is 10.1. The number of rotatable bonds is 7. The summed E-state index contributed by atoms with van der Waals surface area (Å²) in [7, 11) is 1.55. The Morgan fingerprint density at radius 2 is 1.78 bits per heavy atom. The molecule has 0 aliphatic rings. The summed E-state index contributed by atoms with van der Waals surface area (Å²) in [6.07, 6.45) is 1.55. The van der Waals surface area contributed by atoms with Gasteiger partial charge in [0.2, 0.25) is 0 Å². The minimum atomic E-state index is -0.319. The third kappa shape index (κ3) is 4.92. The first-order chi connectivity index (χ1) is 13.2.